The van der Waals surface area contributed by atoms with Crippen molar-refractivity contribution in [2.24, 2.45) is 9.98 Å². The van der Waals surface area contributed by atoms with Gasteiger partial charge in [0, 0.05) is 27.3 Å². The molecule has 0 fully saturated rings. The molecule has 0 bridgehead atoms. The zero-order valence-electron chi connectivity index (χ0n) is 32.3. The van der Waals surface area contributed by atoms with Gasteiger partial charge in [0.1, 0.15) is 23.2 Å². The zero-order valence-corrected chi connectivity index (χ0v) is 32.3. The second kappa shape index (κ2) is 13.4. The Kier molecular flexibility index (Phi) is 7.87. The maximum Gasteiger partial charge on any atom is 0.159 e. The maximum absolute atomic E-state index is 6.50. The molecule has 0 amide bonds. The van der Waals surface area contributed by atoms with E-state index in [0.29, 0.717) is 5.84 Å². The number of furan rings is 1. The first-order valence-electron chi connectivity index (χ1n) is 19.9. The summed E-state index contributed by atoms with van der Waals surface area (Å²) in [7, 11) is 0. The first-order chi connectivity index (χ1) is 28.5. The summed E-state index contributed by atoms with van der Waals surface area (Å²) in [6, 6.07) is 66.6. The summed E-state index contributed by atoms with van der Waals surface area (Å²) in [6.07, 6.45) is -0.340. The minimum atomic E-state index is -0.340. The van der Waals surface area contributed by atoms with Crippen molar-refractivity contribution in [2.75, 3.05) is 0 Å². The molecule has 1 aliphatic carbocycles. The second-order valence-corrected chi connectivity index (χ2v) is 15.8. The molecular weight excluding hydrogens is 707 g/mol. The van der Waals surface area contributed by atoms with Crippen LogP contribution in [0.25, 0.3) is 66.4 Å². The molecule has 11 rings (SSSR count). The van der Waals surface area contributed by atoms with Crippen molar-refractivity contribution in [1.82, 2.24) is 5.32 Å². The lowest BCUT2D eigenvalue weighted by molar-refractivity contribution is 0.660. The number of aliphatic imine (C=N–C) groups is 2. The lowest BCUT2D eigenvalue weighted by Crippen LogP contribution is -2.33. The maximum atomic E-state index is 6.50. The molecule has 4 heteroatoms. The molecule has 2 aliphatic rings. The summed E-state index contributed by atoms with van der Waals surface area (Å²) >= 11 is 0. The number of fused-ring (bicyclic) bond motifs is 6. The molecule has 2 heterocycles. The van der Waals surface area contributed by atoms with Crippen LogP contribution in [0, 0.1) is 0 Å². The van der Waals surface area contributed by atoms with E-state index in [2.05, 4.69) is 183 Å². The quantitative estimate of drug-likeness (QED) is 0.184. The summed E-state index contributed by atoms with van der Waals surface area (Å²) in [5, 5.41) is 5.79. The summed E-state index contributed by atoms with van der Waals surface area (Å²) in [5.74, 6) is 1.44. The number of nitrogens with zero attached hydrogens (tertiary/aromatic N) is 2. The largest absolute Gasteiger partial charge is 0.456 e. The summed E-state index contributed by atoms with van der Waals surface area (Å²) in [5.41, 5.74) is 16.9. The highest BCUT2D eigenvalue weighted by Crippen LogP contribution is 2.52. The van der Waals surface area contributed by atoms with Crippen LogP contribution in [-0.2, 0) is 5.41 Å². The van der Waals surface area contributed by atoms with Gasteiger partial charge < -0.3 is 9.73 Å². The Balaban J connectivity index is 1.03. The fourth-order valence-electron chi connectivity index (χ4n) is 9.03. The van der Waals surface area contributed by atoms with Gasteiger partial charge in [-0.3, -0.25) is 0 Å². The Hall–Kier alpha value is -7.30. The van der Waals surface area contributed by atoms with Gasteiger partial charge in [-0.1, -0.05) is 178 Å². The van der Waals surface area contributed by atoms with E-state index in [9.17, 15) is 0 Å². The topological polar surface area (TPSA) is 49.9 Å². The van der Waals surface area contributed by atoms with Crippen molar-refractivity contribution in [3.05, 3.63) is 216 Å². The van der Waals surface area contributed by atoms with Gasteiger partial charge in [-0.25, -0.2) is 9.98 Å². The highest BCUT2D eigenvalue weighted by molar-refractivity contribution is 6.22. The second-order valence-electron chi connectivity index (χ2n) is 15.8. The molecule has 4 nitrogen and oxygen atoms in total. The van der Waals surface area contributed by atoms with Gasteiger partial charge in [-0.05, 0) is 85.5 Å². The molecule has 1 N–H and O–H groups in total. The molecule has 0 saturated heterocycles. The van der Waals surface area contributed by atoms with Crippen molar-refractivity contribution in [2.45, 2.75) is 25.4 Å². The first-order valence-corrected chi connectivity index (χ1v) is 19.9. The van der Waals surface area contributed by atoms with Gasteiger partial charge in [0.2, 0.25) is 0 Å². The van der Waals surface area contributed by atoms with Crippen LogP contribution in [0.2, 0.25) is 0 Å². The van der Waals surface area contributed by atoms with Crippen LogP contribution in [0.15, 0.2) is 202 Å². The van der Waals surface area contributed by atoms with Gasteiger partial charge in [0.25, 0.3) is 0 Å². The summed E-state index contributed by atoms with van der Waals surface area (Å²) in [4.78, 5) is 10.6. The number of nitrogens with one attached hydrogen (secondary N) is 1. The molecule has 0 saturated carbocycles. The van der Waals surface area contributed by atoms with Crippen molar-refractivity contribution in [3.63, 3.8) is 0 Å². The molecule has 0 spiro atoms. The van der Waals surface area contributed by atoms with Gasteiger partial charge in [0.15, 0.2) is 5.84 Å². The predicted molar refractivity (Wildman–Crippen MR) is 239 cm³/mol. The third-order valence-electron chi connectivity index (χ3n) is 12.0. The van der Waals surface area contributed by atoms with Crippen LogP contribution in [0.1, 0.15) is 47.8 Å². The standard InChI is InChI=1S/C54H39N3O/c1-54(2)45-23-10-9-20-42(45)49-41(21-12-24-46(49)54)39-18-11-19-40(32-39)52-55-51(37-16-7-4-8-17-37)56-53(57-52)43-22-13-25-48-50(43)44-33-38(30-31-47(44)58-48)36-28-26-35(27-29-36)34-14-5-3-6-15-34/h3-33,51H,1-2H3,(H,55,56,57). The van der Waals surface area contributed by atoms with E-state index < -0.39 is 0 Å². The van der Waals surface area contributed by atoms with E-state index in [1.54, 1.807) is 0 Å². The monoisotopic (exact) mass is 745 g/mol. The lowest BCUT2D eigenvalue weighted by atomic mass is 9.82. The van der Waals surface area contributed by atoms with Crippen molar-refractivity contribution in [1.29, 1.82) is 0 Å². The average Bonchev–Trinajstić information content (AvgIpc) is 3.78. The van der Waals surface area contributed by atoms with E-state index >= 15 is 0 Å². The average molecular weight is 746 g/mol. The third kappa shape index (κ3) is 5.60. The van der Waals surface area contributed by atoms with E-state index in [-0.39, 0.29) is 11.6 Å². The fraction of sp³-hybridized carbons (Fsp3) is 0.0741. The first kappa shape index (κ1) is 34.0. The van der Waals surface area contributed by atoms with Gasteiger partial charge >= 0.3 is 0 Å². The Morgan fingerprint density at radius 1 is 0.483 bits per heavy atom. The fourth-order valence-corrected chi connectivity index (χ4v) is 9.03. The minimum absolute atomic E-state index is 0.0766. The number of hydrogen-bond donors (Lipinski definition) is 1. The highest BCUT2D eigenvalue weighted by atomic mass is 16.3. The number of benzene rings is 8. The van der Waals surface area contributed by atoms with Crippen molar-refractivity contribution < 1.29 is 4.42 Å². The van der Waals surface area contributed by atoms with Crippen LogP contribution in [0.5, 0.6) is 0 Å². The van der Waals surface area contributed by atoms with Crippen LogP contribution in [-0.4, -0.2) is 11.7 Å². The molecule has 276 valence electrons. The number of hydrogen-bond acceptors (Lipinski definition) is 4. The molecule has 1 aliphatic heterocycles. The number of rotatable bonds is 6. The Labute approximate surface area is 337 Å². The molecule has 0 radical (unpaired) electrons. The summed E-state index contributed by atoms with van der Waals surface area (Å²) in [6.45, 7) is 4.66. The van der Waals surface area contributed by atoms with E-state index in [4.69, 9.17) is 14.4 Å². The van der Waals surface area contributed by atoms with Crippen LogP contribution < -0.4 is 5.32 Å². The molecule has 1 aromatic heterocycles. The molecule has 1 atom stereocenters. The van der Waals surface area contributed by atoms with Crippen molar-refractivity contribution >= 4 is 33.6 Å². The van der Waals surface area contributed by atoms with Crippen LogP contribution in [0.3, 0.4) is 0 Å². The highest BCUT2D eigenvalue weighted by Gasteiger charge is 2.36. The Morgan fingerprint density at radius 3 is 1.91 bits per heavy atom. The van der Waals surface area contributed by atoms with Gasteiger partial charge in [-0.15, -0.1) is 0 Å². The smallest absolute Gasteiger partial charge is 0.159 e. The minimum Gasteiger partial charge on any atom is -0.456 e. The van der Waals surface area contributed by atoms with Crippen LogP contribution in [0.4, 0.5) is 0 Å². The molecular formula is C54H39N3O. The summed E-state index contributed by atoms with van der Waals surface area (Å²) < 4.78 is 6.50. The number of amidine groups is 2. The normalized spacial score (nSPS) is 15.4. The van der Waals surface area contributed by atoms with Gasteiger partial charge in [0.05, 0.1) is 0 Å². The molecule has 8 aromatic carbocycles. The molecule has 58 heavy (non-hydrogen) atoms. The van der Waals surface area contributed by atoms with E-state index in [1.807, 2.05) is 24.3 Å². The van der Waals surface area contributed by atoms with E-state index in [0.717, 1.165) is 61.2 Å². The SMILES string of the molecule is CC1(C)c2ccccc2-c2c(-c3cccc(C4=NC(c5ccccc5)NC(c5cccc6oc7ccc(-c8ccc(-c9ccccc9)cc8)cc7c56)=N4)c3)cccc21. The molecule has 9 aromatic rings. The zero-order chi connectivity index (χ0) is 38.8. The Morgan fingerprint density at radius 2 is 1.09 bits per heavy atom. The predicted octanol–water partition coefficient (Wildman–Crippen LogP) is 13.4. The van der Waals surface area contributed by atoms with Gasteiger partial charge in [-0.2, -0.15) is 0 Å². The Bertz CT molecular complexity index is 3100. The van der Waals surface area contributed by atoms with Crippen molar-refractivity contribution in [3.8, 4) is 44.5 Å². The van der Waals surface area contributed by atoms with E-state index in [1.165, 1.54) is 38.9 Å². The lowest BCUT2D eigenvalue weighted by Gasteiger charge is -2.24. The van der Waals surface area contributed by atoms with Crippen LogP contribution >= 0.6 is 0 Å². The third-order valence-corrected chi connectivity index (χ3v) is 12.0. The molecule has 1 unspecified atom stereocenters.